The summed E-state index contributed by atoms with van der Waals surface area (Å²) < 4.78 is 0. The summed E-state index contributed by atoms with van der Waals surface area (Å²) in [6.45, 7) is 0. The molecular formula is C47H30N4. The van der Waals surface area contributed by atoms with Gasteiger partial charge in [-0.1, -0.05) is 127 Å². The van der Waals surface area contributed by atoms with Crippen molar-refractivity contribution in [2.75, 3.05) is 4.90 Å². The summed E-state index contributed by atoms with van der Waals surface area (Å²) in [5.41, 5.74) is 10.1. The van der Waals surface area contributed by atoms with E-state index in [1.54, 1.807) is 0 Å². The molecule has 0 bridgehead atoms. The van der Waals surface area contributed by atoms with Gasteiger partial charge in [0.25, 0.3) is 0 Å². The Balaban J connectivity index is 1.32. The second kappa shape index (κ2) is 11.9. The van der Waals surface area contributed by atoms with Gasteiger partial charge in [-0.2, -0.15) is 0 Å². The van der Waals surface area contributed by atoms with Gasteiger partial charge in [0.15, 0.2) is 0 Å². The van der Waals surface area contributed by atoms with Crippen LogP contribution in [0.2, 0.25) is 0 Å². The zero-order chi connectivity index (χ0) is 33.7. The molecule has 4 nitrogen and oxygen atoms in total. The fourth-order valence-electron chi connectivity index (χ4n) is 7.56. The Bertz CT molecular complexity index is 2870. The van der Waals surface area contributed by atoms with E-state index in [-0.39, 0.29) is 0 Å². The van der Waals surface area contributed by atoms with Crippen LogP contribution in [0.1, 0.15) is 0 Å². The Hall–Kier alpha value is -6.91. The van der Waals surface area contributed by atoms with Gasteiger partial charge in [0.2, 0.25) is 0 Å². The first-order chi connectivity index (χ1) is 25.3. The van der Waals surface area contributed by atoms with E-state index in [0.29, 0.717) is 0 Å². The van der Waals surface area contributed by atoms with Gasteiger partial charge in [-0.3, -0.25) is 4.98 Å². The highest BCUT2D eigenvalue weighted by molar-refractivity contribution is 6.27. The number of para-hydroxylation sites is 2. The number of nitrogens with zero attached hydrogens (tertiary/aromatic N) is 4. The standard InChI is InChI=1S/C47H30N4/c1-4-13-31(14-5-1)45-39-28-27-36-37(40-29-26-33-25-24-32-15-12-30-48-46(32)47(33)49-40)20-10-21-38(36)43(39)44-41(50-45)22-11-23-42(44)51(34-16-6-2-7-17-34)35-18-8-3-9-19-35/h1-30H. The molecule has 0 amide bonds. The van der Waals surface area contributed by atoms with Crippen molar-refractivity contribution in [2.24, 2.45) is 0 Å². The summed E-state index contributed by atoms with van der Waals surface area (Å²) in [5.74, 6) is 0. The lowest BCUT2D eigenvalue weighted by molar-refractivity contribution is 1.29. The molecule has 0 saturated heterocycles. The minimum absolute atomic E-state index is 0.910. The molecule has 51 heavy (non-hydrogen) atoms. The van der Waals surface area contributed by atoms with E-state index in [1.807, 2.05) is 12.3 Å². The smallest absolute Gasteiger partial charge is 0.0972 e. The molecule has 0 aliphatic rings. The molecule has 0 atom stereocenters. The first kappa shape index (κ1) is 29.0. The van der Waals surface area contributed by atoms with E-state index < -0.39 is 0 Å². The minimum atomic E-state index is 0.910. The molecule has 0 fully saturated rings. The predicted octanol–water partition coefficient (Wildman–Crippen LogP) is 12.4. The molecule has 3 aromatic heterocycles. The molecule has 0 aliphatic carbocycles. The van der Waals surface area contributed by atoms with Gasteiger partial charge in [0, 0.05) is 55.6 Å². The van der Waals surface area contributed by atoms with Crippen molar-refractivity contribution in [1.29, 1.82) is 0 Å². The highest BCUT2D eigenvalue weighted by Crippen LogP contribution is 2.46. The van der Waals surface area contributed by atoms with Crippen LogP contribution in [0.25, 0.3) is 76.8 Å². The maximum absolute atomic E-state index is 5.41. The molecule has 0 N–H and O–H groups in total. The van der Waals surface area contributed by atoms with Gasteiger partial charge in [0.1, 0.15) is 0 Å². The van der Waals surface area contributed by atoms with Crippen LogP contribution in [0.4, 0.5) is 17.1 Å². The third kappa shape index (κ3) is 4.80. The number of hydrogen-bond acceptors (Lipinski definition) is 4. The third-order valence-corrected chi connectivity index (χ3v) is 9.84. The number of benzene rings is 7. The monoisotopic (exact) mass is 650 g/mol. The summed E-state index contributed by atoms with van der Waals surface area (Å²) in [5, 5.41) is 7.82. The molecule has 4 heteroatoms. The maximum atomic E-state index is 5.41. The SMILES string of the molecule is c1ccc(-c2nc3cccc(N(c4ccccc4)c4ccccc4)c3c3c2ccc2c(-c4ccc5ccc6cccnc6c5n4)cccc23)cc1. The first-order valence-corrected chi connectivity index (χ1v) is 17.2. The number of anilines is 3. The Labute approximate surface area is 294 Å². The van der Waals surface area contributed by atoms with Crippen LogP contribution in [0.15, 0.2) is 182 Å². The molecule has 0 saturated carbocycles. The summed E-state index contributed by atoms with van der Waals surface area (Å²) in [7, 11) is 0. The molecule has 3 heterocycles. The molecule has 0 aliphatic heterocycles. The third-order valence-electron chi connectivity index (χ3n) is 9.84. The van der Waals surface area contributed by atoms with Gasteiger partial charge in [-0.05, 0) is 59.3 Å². The van der Waals surface area contributed by atoms with Gasteiger partial charge < -0.3 is 4.90 Å². The highest BCUT2D eigenvalue weighted by atomic mass is 15.1. The van der Waals surface area contributed by atoms with Gasteiger partial charge >= 0.3 is 0 Å². The number of rotatable bonds is 5. The summed E-state index contributed by atoms with van der Waals surface area (Å²) >= 11 is 0. The van der Waals surface area contributed by atoms with E-state index in [2.05, 4.69) is 175 Å². The molecule has 238 valence electrons. The normalized spacial score (nSPS) is 11.5. The Morgan fingerprint density at radius 1 is 0.412 bits per heavy atom. The topological polar surface area (TPSA) is 41.9 Å². The Morgan fingerprint density at radius 2 is 1.08 bits per heavy atom. The van der Waals surface area contributed by atoms with Crippen LogP contribution in [-0.4, -0.2) is 15.0 Å². The number of pyridine rings is 3. The largest absolute Gasteiger partial charge is 0.310 e. The fourth-order valence-corrected chi connectivity index (χ4v) is 7.56. The minimum Gasteiger partial charge on any atom is -0.310 e. The second-order valence-corrected chi connectivity index (χ2v) is 12.8. The van der Waals surface area contributed by atoms with Crippen LogP contribution in [0.3, 0.4) is 0 Å². The molecule has 7 aromatic carbocycles. The fraction of sp³-hybridized carbons (Fsp3) is 0. The molecule has 0 unspecified atom stereocenters. The van der Waals surface area contributed by atoms with Gasteiger partial charge in [-0.15, -0.1) is 0 Å². The van der Waals surface area contributed by atoms with Crippen molar-refractivity contribution in [1.82, 2.24) is 15.0 Å². The van der Waals surface area contributed by atoms with Crippen LogP contribution in [0, 0.1) is 0 Å². The van der Waals surface area contributed by atoms with Crippen LogP contribution < -0.4 is 4.90 Å². The van der Waals surface area contributed by atoms with Crippen molar-refractivity contribution in [3.63, 3.8) is 0 Å². The molecule has 0 radical (unpaired) electrons. The molecule has 0 spiro atoms. The number of hydrogen-bond donors (Lipinski definition) is 0. The zero-order valence-electron chi connectivity index (χ0n) is 27.6. The average Bonchev–Trinajstić information content (AvgIpc) is 3.21. The zero-order valence-corrected chi connectivity index (χ0v) is 27.6. The van der Waals surface area contributed by atoms with Crippen molar-refractivity contribution in [3.05, 3.63) is 182 Å². The second-order valence-electron chi connectivity index (χ2n) is 12.8. The van der Waals surface area contributed by atoms with Crippen LogP contribution >= 0.6 is 0 Å². The Kier molecular flexibility index (Phi) is 6.78. The average molecular weight is 651 g/mol. The van der Waals surface area contributed by atoms with Crippen molar-refractivity contribution < 1.29 is 0 Å². The highest BCUT2D eigenvalue weighted by Gasteiger charge is 2.21. The summed E-state index contributed by atoms with van der Waals surface area (Å²) in [6, 6.07) is 61.9. The van der Waals surface area contributed by atoms with Crippen molar-refractivity contribution >= 4 is 71.3 Å². The van der Waals surface area contributed by atoms with Gasteiger partial charge in [-0.25, -0.2) is 9.97 Å². The van der Waals surface area contributed by atoms with Gasteiger partial charge in [0.05, 0.1) is 33.6 Å². The molecular weight excluding hydrogens is 621 g/mol. The van der Waals surface area contributed by atoms with Crippen molar-refractivity contribution in [3.8, 4) is 22.5 Å². The number of fused-ring (bicyclic) bond motifs is 8. The molecule has 10 aromatic rings. The quantitative estimate of drug-likeness (QED) is 0.174. The van der Waals surface area contributed by atoms with Crippen LogP contribution in [-0.2, 0) is 0 Å². The summed E-state index contributed by atoms with van der Waals surface area (Å²) in [6.07, 6.45) is 1.84. The predicted molar refractivity (Wildman–Crippen MR) is 213 cm³/mol. The molecule has 10 rings (SSSR count). The van der Waals surface area contributed by atoms with E-state index in [0.717, 1.165) is 88.4 Å². The van der Waals surface area contributed by atoms with E-state index in [9.17, 15) is 0 Å². The van der Waals surface area contributed by atoms with E-state index in [4.69, 9.17) is 15.0 Å². The lowest BCUT2D eigenvalue weighted by Gasteiger charge is -2.27. The number of aromatic nitrogens is 3. The Morgan fingerprint density at radius 3 is 1.84 bits per heavy atom. The first-order valence-electron chi connectivity index (χ1n) is 17.2. The maximum Gasteiger partial charge on any atom is 0.0972 e. The summed E-state index contributed by atoms with van der Waals surface area (Å²) in [4.78, 5) is 17.7. The van der Waals surface area contributed by atoms with Crippen LogP contribution in [0.5, 0.6) is 0 Å². The van der Waals surface area contributed by atoms with Crippen molar-refractivity contribution in [2.45, 2.75) is 0 Å². The lowest BCUT2D eigenvalue weighted by Crippen LogP contribution is -2.10. The lowest BCUT2D eigenvalue weighted by atomic mass is 9.91. The van der Waals surface area contributed by atoms with E-state index >= 15 is 0 Å². The van der Waals surface area contributed by atoms with E-state index in [1.165, 1.54) is 5.39 Å².